The van der Waals surface area contributed by atoms with E-state index in [9.17, 15) is 9.59 Å². The molecular formula is C27H25N5O2S. The van der Waals surface area contributed by atoms with Crippen LogP contribution in [0.5, 0.6) is 0 Å². The molecule has 2 amide bonds. The quantitative estimate of drug-likeness (QED) is 0.398. The van der Waals surface area contributed by atoms with Crippen LogP contribution in [0.15, 0.2) is 73.4 Å². The summed E-state index contributed by atoms with van der Waals surface area (Å²) < 4.78 is 2.17. The number of nitrogens with one attached hydrogen (secondary N) is 1. The van der Waals surface area contributed by atoms with Crippen LogP contribution in [0.4, 0.5) is 5.95 Å². The average molecular weight is 484 g/mol. The van der Waals surface area contributed by atoms with Crippen molar-refractivity contribution < 1.29 is 9.59 Å². The highest BCUT2D eigenvalue weighted by Crippen LogP contribution is 2.55. The van der Waals surface area contributed by atoms with Gasteiger partial charge in [-0.05, 0) is 67.2 Å². The SMILES string of the molecule is C=CC(=O)N1CCC2(CC(n3c(NC(=O)c4ccc(-c5ccccn5)s4)nc4ccccc43)C2)C1. The highest BCUT2D eigenvalue weighted by Gasteiger charge is 2.50. The minimum atomic E-state index is -0.175. The van der Waals surface area contributed by atoms with Gasteiger partial charge < -0.3 is 9.47 Å². The first-order valence-electron chi connectivity index (χ1n) is 11.8. The number of hydrogen-bond acceptors (Lipinski definition) is 5. The lowest BCUT2D eigenvalue weighted by atomic mass is 9.65. The molecule has 0 bridgehead atoms. The van der Waals surface area contributed by atoms with Gasteiger partial charge in [0.2, 0.25) is 11.9 Å². The van der Waals surface area contributed by atoms with Gasteiger partial charge in [-0.2, -0.15) is 0 Å². The van der Waals surface area contributed by atoms with Crippen molar-refractivity contribution in [1.82, 2.24) is 19.4 Å². The van der Waals surface area contributed by atoms with Crippen molar-refractivity contribution in [3.63, 3.8) is 0 Å². The fraction of sp³-hybridized carbons (Fsp3) is 0.259. The predicted molar refractivity (Wildman–Crippen MR) is 137 cm³/mol. The largest absolute Gasteiger partial charge is 0.339 e. The van der Waals surface area contributed by atoms with E-state index in [-0.39, 0.29) is 23.3 Å². The summed E-state index contributed by atoms with van der Waals surface area (Å²) in [6.45, 7) is 5.18. The molecule has 1 saturated heterocycles. The van der Waals surface area contributed by atoms with Gasteiger partial charge in [-0.25, -0.2) is 4.98 Å². The molecule has 1 saturated carbocycles. The number of aromatic nitrogens is 3. The van der Waals surface area contributed by atoms with Gasteiger partial charge in [0, 0.05) is 25.3 Å². The number of imidazole rings is 1. The molecule has 8 heteroatoms. The molecule has 4 heterocycles. The first-order chi connectivity index (χ1) is 17.0. The van der Waals surface area contributed by atoms with Crippen LogP contribution in [-0.4, -0.2) is 44.3 Å². The number of pyridine rings is 1. The standard InChI is InChI=1S/C27H25N5O2S/c1-2-24(33)31-14-12-27(17-31)15-18(16-27)32-21-9-4-3-7-19(21)29-26(32)30-25(34)23-11-10-22(35-23)20-8-5-6-13-28-20/h2-11,13,18H,1,12,14-17H2,(H,29,30,34). The Labute approximate surface area is 207 Å². The summed E-state index contributed by atoms with van der Waals surface area (Å²) in [4.78, 5) is 37.9. The Morgan fingerprint density at radius 2 is 1.94 bits per heavy atom. The summed E-state index contributed by atoms with van der Waals surface area (Å²) >= 11 is 1.42. The smallest absolute Gasteiger partial charge is 0.268 e. The lowest BCUT2D eigenvalue weighted by Crippen LogP contribution is -2.42. The fourth-order valence-corrected chi connectivity index (χ4v) is 6.36. The molecule has 0 radical (unpaired) electrons. The van der Waals surface area contributed by atoms with Crippen LogP contribution in [0, 0.1) is 5.41 Å². The molecule has 1 N–H and O–H groups in total. The second kappa shape index (κ2) is 8.46. The van der Waals surface area contributed by atoms with E-state index in [1.807, 2.05) is 53.4 Å². The normalized spacial score (nSPS) is 21.3. The molecule has 0 unspecified atom stereocenters. The van der Waals surface area contributed by atoms with Crippen LogP contribution in [-0.2, 0) is 4.79 Å². The lowest BCUT2D eigenvalue weighted by molar-refractivity contribution is -0.125. The number of carbonyl (C=O) groups is 2. The second-order valence-corrected chi connectivity index (χ2v) is 10.5. The molecule has 1 aliphatic heterocycles. The zero-order valence-corrected chi connectivity index (χ0v) is 20.0. The van der Waals surface area contributed by atoms with Crippen molar-refractivity contribution in [2.45, 2.75) is 25.3 Å². The van der Waals surface area contributed by atoms with Gasteiger partial charge in [-0.15, -0.1) is 11.3 Å². The summed E-state index contributed by atoms with van der Waals surface area (Å²) in [6.07, 6.45) is 6.07. The van der Waals surface area contributed by atoms with E-state index in [1.54, 1.807) is 6.20 Å². The highest BCUT2D eigenvalue weighted by molar-refractivity contribution is 7.17. The van der Waals surface area contributed by atoms with E-state index in [2.05, 4.69) is 27.5 Å². The Morgan fingerprint density at radius 3 is 2.74 bits per heavy atom. The fourth-order valence-electron chi connectivity index (χ4n) is 5.48. The molecule has 3 aromatic heterocycles. The number of nitrogens with zero attached hydrogens (tertiary/aromatic N) is 4. The van der Waals surface area contributed by atoms with Gasteiger partial charge >= 0.3 is 0 Å². The Morgan fingerprint density at radius 1 is 1.11 bits per heavy atom. The van der Waals surface area contributed by atoms with E-state index in [0.717, 1.165) is 54.0 Å². The third-order valence-electron chi connectivity index (χ3n) is 7.20. The Bertz CT molecular complexity index is 1430. The maximum absolute atomic E-state index is 13.2. The van der Waals surface area contributed by atoms with Crippen LogP contribution in [0.1, 0.15) is 35.0 Å². The van der Waals surface area contributed by atoms with Crippen LogP contribution < -0.4 is 5.32 Å². The van der Waals surface area contributed by atoms with E-state index in [0.29, 0.717) is 10.8 Å². The third-order valence-corrected chi connectivity index (χ3v) is 8.30. The topological polar surface area (TPSA) is 80.1 Å². The Hall–Kier alpha value is -3.78. The maximum Gasteiger partial charge on any atom is 0.268 e. The van der Waals surface area contributed by atoms with Gasteiger partial charge in [0.05, 0.1) is 26.5 Å². The molecule has 1 aromatic carbocycles. The van der Waals surface area contributed by atoms with Crippen LogP contribution in [0.2, 0.25) is 0 Å². The zero-order chi connectivity index (χ0) is 24.0. The van der Waals surface area contributed by atoms with Crippen molar-refractivity contribution >= 4 is 40.1 Å². The van der Waals surface area contributed by atoms with Crippen molar-refractivity contribution in [1.29, 1.82) is 0 Å². The van der Waals surface area contributed by atoms with Crippen LogP contribution >= 0.6 is 11.3 Å². The monoisotopic (exact) mass is 483 g/mol. The molecule has 6 rings (SSSR count). The number of thiophene rings is 1. The number of para-hydroxylation sites is 2. The molecule has 0 atom stereocenters. The first kappa shape index (κ1) is 21.7. The van der Waals surface area contributed by atoms with Crippen molar-refractivity contribution in [2.24, 2.45) is 5.41 Å². The van der Waals surface area contributed by atoms with Crippen molar-refractivity contribution in [2.75, 3.05) is 18.4 Å². The highest BCUT2D eigenvalue weighted by atomic mass is 32.1. The van der Waals surface area contributed by atoms with Crippen molar-refractivity contribution in [3.8, 4) is 10.6 Å². The summed E-state index contributed by atoms with van der Waals surface area (Å²) in [7, 11) is 0. The first-order valence-corrected chi connectivity index (χ1v) is 12.6. The van der Waals surface area contributed by atoms with E-state index in [1.165, 1.54) is 17.4 Å². The molecule has 4 aromatic rings. The Balaban J connectivity index is 1.24. The molecule has 1 spiro atoms. The summed E-state index contributed by atoms with van der Waals surface area (Å²) in [5.41, 5.74) is 2.87. The molecule has 1 aliphatic carbocycles. The summed E-state index contributed by atoms with van der Waals surface area (Å²) in [5, 5.41) is 3.07. The number of rotatable bonds is 5. The zero-order valence-electron chi connectivity index (χ0n) is 19.2. The number of fused-ring (bicyclic) bond motifs is 1. The van der Waals surface area contributed by atoms with Gasteiger partial charge in [-0.3, -0.25) is 19.9 Å². The number of benzene rings is 1. The number of amides is 2. The summed E-state index contributed by atoms with van der Waals surface area (Å²) in [6, 6.07) is 17.7. The number of anilines is 1. The molecule has 7 nitrogen and oxygen atoms in total. The minimum Gasteiger partial charge on any atom is -0.339 e. The number of hydrogen-bond donors (Lipinski definition) is 1. The third kappa shape index (κ3) is 3.83. The molecule has 176 valence electrons. The molecule has 2 fully saturated rings. The Kier molecular flexibility index (Phi) is 5.25. The minimum absolute atomic E-state index is 0.00683. The van der Waals surface area contributed by atoms with Crippen LogP contribution in [0.3, 0.4) is 0 Å². The predicted octanol–water partition coefficient (Wildman–Crippen LogP) is 5.15. The van der Waals surface area contributed by atoms with Gasteiger partial charge in [0.1, 0.15) is 0 Å². The van der Waals surface area contributed by atoms with Gasteiger partial charge in [0.25, 0.3) is 5.91 Å². The van der Waals surface area contributed by atoms with Gasteiger partial charge in [-0.1, -0.05) is 24.8 Å². The van der Waals surface area contributed by atoms with E-state index in [4.69, 9.17) is 4.98 Å². The van der Waals surface area contributed by atoms with Crippen LogP contribution in [0.25, 0.3) is 21.6 Å². The maximum atomic E-state index is 13.2. The molecular weight excluding hydrogens is 458 g/mol. The van der Waals surface area contributed by atoms with E-state index >= 15 is 0 Å². The summed E-state index contributed by atoms with van der Waals surface area (Å²) in [5.74, 6) is 0.402. The number of carbonyl (C=O) groups excluding carboxylic acids is 2. The lowest BCUT2D eigenvalue weighted by Gasteiger charge is -2.46. The van der Waals surface area contributed by atoms with Gasteiger partial charge in [0.15, 0.2) is 0 Å². The molecule has 2 aliphatic rings. The number of likely N-dealkylation sites (tertiary alicyclic amines) is 1. The van der Waals surface area contributed by atoms with E-state index < -0.39 is 0 Å². The van der Waals surface area contributed by atoms with Crippen molar-refractivity contribution in [3.05, 3.63) is 78.3 Å². The second-order valence-electron chi connectivity index (χ2n) is 9.40. The molecule has 35 heavy (non-hydrogen) atoms. The average Bonchev–Trinajstić information content (AvgIpc) is 3.60.